The molecule has 1 aromatic carbocycles. The average Bonchev–Trinajstić information content (AvgIpc) is 3.03. The Morgan fingerprint density at radius 1 is 1.25 bits per heavy atom. The number of amides is 1. The van der Waals surface area contributed by atoms with Crippen molar-refractivity contribution in [2.75, 3.05) is 19.8 Å². The van der Waals surface area contributed by atoms with Crippen molar-refractivity contribution in [3.63, 3.8) is 0 Å². The molecule has 6 heteroatoms. The number of hydrogen-bond donors (Lipinski definition) is 1. The topological polar surface area (TPSA) is 73.9 Å². The van der Waals surface area contributed by atoms with Crippen molar-refractivity contribution in [3.8, 4) is 5.75 Å². The van der Waals surface area contributed by atoms with Gasteiger partial charge in [-0.2, -0.15) is 0 Å². The zero-order chi connectivity index (χ0) is 17.6. The van der Waals surface area contributed by atoms with E-state index in [-0.39, 0.29) is 24.2 Å². The molecule has 1 aliphatic heterocycles. The van der Waals surface area contributed by atoms with Crippen molar-refractivity contribution in [2.24, 2.45) is 0 Å². The van der Waals surface area contributed by atoms with Crippen LogP contribution < -0.4 is 10.1 Å². The van der Waals surface area contributed by atoms with Crippen LogP contribution in [-0.4, -0.2) is 43.3 Å². The first kappa shape index (κ1) is 18.3. The van der Waals surface area contributed by atoms with E-state index in [1.165, 1.54) is 0 Å². The van der Waals surface area contributed by atoms with Gasteiger partial charge in [0, 0.05) is 12.1 Å². The highest BCUT2D eigenvalue weighted by atomic mass is 16.5. The van der Waals surface area contributed by atoms with Crippen LogP contribution in [0.2, 0.25) is 0 Å². The molecule has 132 valence electrons. The summed E-state index contributed by atoms with van der Waals surface area (Å²) in [5, 5.41) is 2.73. The Kier molecular flexibility index (Phi) is 6.20. The number of carbonyl (C=O) groups excluding carboxylic acids is 2. The molecule has 1 atom stereocenters. The molecule has 1 amide bonds. The molecular formula is C18H25NO5. The highest BCUT2D eigenvalue weighted by Crippen LogP contribution is 2.17. The van der Waals surface area contributed by atoms with Gasteiger partial charge in [-0.25, -0.2) is 4.79 Å². The van der Waals surface area contributed by atoms with Gasteiger partial charge < -0.3 is 19.5 Å². The van der Waals surface area contributed by atoms with Crippen molar-refractivity contribution in [1.29, 1.82) is 0 Å². The van der Waals surface area contributed by atoms with Crippen LogP contribution in [0.1, 0.15) is 44.0 Å². The lowest BCUT2D eigenvalue weighted by molar-refractivity contribution is -0.125. The van der Waals surface area contributed by atoms with E-state index in [9.17, 15) is 9.59 Å². The molecule has 0 saturated carbocycles. The smallest absolute Gasteiger partial charge is 0.338 e. The van der Waals surface area contributed by atoms with Crippen LogP contribution in [0.3, 0.4) is 0 Å². The summed E-state index contributed by atoms with van der Waals surface area (Å²) in [5.41, 5.74) is 0.0222. The summed E-state index contributed by atoms with van der Waals surface area (Å²) in [5.74, 6) is -0.190. The van der Waals surface area contributed by atoms with E-state index in [1.807, 2.05) is 20.8 Å². The molecule has 1 aliphatic rings. The molecule has 0 aliphatic carbocycles. The largest absolute Gasteiger partial charge is 0.491 e. The number of esters is 1. The molecule has 1 unspecified atom stereocenters. The normalized spacial score (nSPS) is 17.4. The number of rotatable bonds is 6. The minimum absolute atomic E-state index is 0.149. The lowest BCUT2D eigenvalue weighted by atomic mass is 10.1. The molecule has 1 saturated heterocycles. The van der Waals surface area contributed by atoms with Crippen molar-refractivity contribution in [1.82, 2.24) is 5.32 Å². The Balaban J connectivity index is 1.77. The predicted octanol–water partition coefficient (Wildman–Crippen LogP) is 2.32. The lowest BCUT2D eigenvalue weighted by Gasteiger charge is -2.20. The summed E-state index contributed by atoms with van der Waals surface area (Å²) >= 11 is 0. The van der Waals surface area contributed by atoms with Crippen molar-refractivity contribution in [3.05, 3.63) is 29.8 Å². The molecule has 6 nitrogen and oxygen atoms in total. The van der Waals surface area contributed by atoms with Gasteiger partial charge in [-0.05, 0) is 57.9 Å². The van der Waals surface area contributed by atoms with Gasteiger partial charge >= 0.3 is 5.97 Å². The molecular weight excluding hydrogens is 310 g/mol. The number of benzene rings is 1. The fraction of sp³-hybridized carbons (Fsp3) is 0.556. The zero-order valence-corrected chi connectivity index (χ0v) is 14.5. The molecule has 0 radical (unpaired) electrons. The molecule has 2 rings (SSSR count). The van der Waals surface area contributed by atoms with Gasteiger partial charge in [0.25, 0.3) is 5.91 Å². The van der Waals surface area contributed by atoms with Crippen LogP contribution in [0.4, 0.5) is 0 Å². The van der Waals surface area contributed by atoms with Crippen LogP contribution in [-0.2, 0) is 14.3 Å². The number of carbonyl (C=O) groups is 2. The van der Waals surface area contributed by atoms with Gasteiger partial charge in [0.05, 0.1) is 11.7 Å². The first-order valence-corrected chi connectivity index (χ1v) is 8.16. The summed E-state index contributed by atoms with van der Waals surface area (Å²) in [4.78, 5) is 23.6. The SMILES string of the molecule is CC(C)(C)NC(=O)COC(=O)c1ccc(OCC2CCCO2)cc1. The second kappa shape index (κ2) is 8.15. The van der Waals surface area contributed by atoms with Crippen LogP contribution >= 0.6 is 0 Å². The Morgan fingerprint density at radius 3 is 2.54 bits per heavy atom. The summed E-state index contributed by atoms with van der Waals surface area (Å²) in [7, 11) is 0. The third kappa shape index (κ3) is 6.20. The quantitative estimate of drug-likeness (QED) is 0.808. The van der Waals surface area contributed by atoms with Crippen LogP contribution in [0.5, 0.6) is 5.75 Å². The Bertz CT molecular complexity index is 556. The first-order chi connectivity index (χ1) is 11.3. The molecule has 0 aromatic heterocycles. The maximum atomic E-state index is 11.9. The molecule has 0 bridgehead atoms. The summed E-state index contributed by atoms with van der Waals surface area (Å²) in [6.45, 7) is 6.60. The van der Waals surface area contributed by atoms with E-state index < -0.39 is 5.97 Å². The zero-order valence-electron chi connectivity index (χ0n) is 14.5. The predicted molar refractivity (Wildman–Crippen MR) is 89.1 cm³/mol. The molecule has 1 N–H and O–H groups in total. The molecule has 24 heavy (non-hydrogen) atoms. The van der Waals surface area contributed by atoms with Crippen molar-refractivity contribution in [2.45, 2.75) is 45.3 Å². The van der Waals surface area contributed by atoms with E-state index in [1.54, 1.807) is 24.3 Å². The third-order valence-electron chi connectivity index (χ3n) is 3.40. The van der Waals surface area contributed by atoms with Gasteiger partial charge in [-0.3, -0.25) is 4.79 Å². The standard InChI is InChI=1S/C18H25NO5/c1-18(2,3)19-16(20)12-24-17(21)13-6-8-14(9-7-13)23-11-15-5-4-10-22-15/h6-9,15H,4-5,10-12H2,1-3H3,(H,19,20). The third-order valence-corrected chi connectivity index (χ3v) is 3.40. The maximum absolute atomic E-state index is 11.9. The average molecular weight is 335 g/mol. The van der Waals surface area contributed by atoms with Crippen LogP contribution in [0.25, 0.3) is 0 Å². The van der Waals surface area contributed by atoms with E-state index in [4.69, 9.17) is 14.2 Å². The summed E-state index contributed by atoms with van der Waals surface area (Å²) in [6.07, 6.45) is 2.23. The molecule has 1 heterocycles. The second-order valence-electron chi connectivity index (χ2n) is 6.84. The fourth-order valence-corrected chi connectivity index (χ4v) is 2.32. The Morgan fingerprint density at radius 2 is 1.96 bits per heavy atom. The van der Waals surface area contributed by atoms with Gasteiger partial charge in [-0.15, -0.1) is 0 Å². The van der Waals surface area contributed by atoms with Gasteiger partial charge in [0.15, 0.2) is 6.61 Å². The summed E-state index contributed by atoms with van der Waals surface area (Å²) in [6, 6.07) is 6.66. The molecule has 1 aromatic rings. The minimum atomic E-state index is -0.537. The highest BCUT2D eigenvalue weighted by Gasteiger charge is 2.17. The van der Waals surface area contributed by atoms with Crippen molar-refractivity contribution < 1.29 is 23.8 Å². The van der Waals surface area contributed by atoms with Gasteiger partial charge in [0.1, 0.15) is 12.4 Å². The van der Waals surface area contributed by atoms with Gasteiger partial charge in [0.2, 0.25) is 0 Å². The number of nitrogens with one attached hydrogen (secondary N) is 1. The monoisotopic (exact) mass is 335 g/mol. The van der Waals surface area contributed by atoms with E-state index in [0.29, 0.717) is 17.9 Å². The Hall–Kier alpha value is -2.08. The first-order valence-electron chi connectivity index (χ1n) is 8.16. The van der Waals surface area contributed by atoms with Crippen LogP contribution in [0.15, 0.2) is 24.3 Å². The van der Waals surface area contributed by atoms with E-state index in [0.717, 1.165) is 19.4 Å². The fourth-order valence-electron chi connectivity index (χ4n) is 2.32. The molecule has 0 spiro atoms. The van der Waals surface area contributed by atoms with E-state index in [2.05, 4.69) is 5.32 Å². The summed E-state index contributed by atoms with van der Waals surface area (Å²) < 4.78 is 16.1. The van der Waals surface area contributed by atoms with E-state index >= 15 is 0 Å². The van der Waals surface area contributed by atoms with Crippen LogP contribution in [0, 0.1) is 0 Å². The molecule has 1 fully saturated rings. The Labute approximate surface area is 142 Å². The van der Waals surface area contributed by atoms with Crippen molar-refractivity contribution >= 4 is 11.9 Å². The highest BCUT2D eigenvalue weighted by molar-refractivity contribution is 5.91. The number of ether oxygens (including phenoxy) is 3. The minimum Gasteiger partial charge on any atom is -0.491 e. The maximum Gasteiger partial charge on any atom is 0.338 e. The van der Waals surface area contributed by atoms with Gasteiger partial charge in [-0.1, -0.05) is 0 Å². The number of hydrogen-bond acceptors (Lipinski definition) is 5. The second-order valence-corrected chi connectivity index (χ2v) is 6.84. The lowest BCUT2D eigenvalue weighted by Crippen LogP contribution is -2.42.